The van der Waals surface area contributed by atoms with Crippen molar-refractivity contribution in [1.29, 1.82) is 0 Å². The van der Waals surface area contributed by atoms with E-state index in [0.29, 0.717) is 12.5 Å². The number of hydrogen-bond donors (Lipinski definition) is 1. The highest BCUT2D eigenvalue weighted by atomic mass is 16.5. The van der Waals surface area contributed by atoms with E-state index < -0.39 is 0 Å². The van der Waals surface area contributed by atoms with Crippen molar-refractivity contribution in [2.24, 2.45) is 10.7 Å². The SMILES string of the molecule is CCC(CN=C(N)N1CCCCC1)Oc1cccc(C)c1. The third kappa shape index (κ3) is 4.96. The average molecular weight is 289 g/mol. The van der Waals surface area contributed by atoms with Gasteiger partial charge >= 0.3 is 0 Å². The van der Waals surface area contributed by atoms with Crippen molar-refractivity contribution in [2.45, 2.75) is 45.6 Å². The fraction of sp³-hybridized carbons (Fsp3) is 0.588. The van der Waals surface area contributed by atoms with Gasteiger partial charge in [-0.05, 0) is 50.3 Å². The molecule has 0 aliphatic carbocycles. The van der Waals surface area contributed by atoms with Crippen LogP contribution in [0.25, 0.3) is 0 Å². The van der Waals surface area contributed by atoms with Crippen LogP contribution in [0.4, 0.5) is 0 Å². The number of aryl methyl sites for hydroxylation is 1. The summed E-state index contributed by atoms with van der Waals surface area (Å²) in [4.78, 5) is 6.72. The molecular weight excluding hydrogens is 262 g/mol. The van der Waals surface area contributed by atoms with E-state index in [1.807, 2.05) is 12.1 Å². The molecule has 1 aromatic rings. The molecule has 21 heavy (non-hydrogen) atoms. The van der Waals surface area contributed by atoms with Gasteiger partial charge in [0.1, 0.15) is 11.9 Å². The van der Waals surface area contributed by atoms with Gasteiger partial charge in [-0.1, -0.05) is 19.1 Å². The van der Waals surface area contributed by atoms with Crippen molar-refractivity contribution in [2.75, 3.05) is 19.6 Å². The van der Waals surface area contributed by atoms with Gasteiger partial charge in [-0.25, -0.2) is 4.99 Å². The standard InChI is InChI=1S/C17H27N3O/c1-3-15(21-16-9-7-8-14(2)12-16)13-19-17(18)20-10-5-4-6-11-20/h7-9,12,15H,3-6,10-11,13H2,1-2H3,(H2,18,19). The summed E-state index contributed by atoms with van der Waals surface area (Å²) in [6.07, 6.45) is 4.73. The van der Waals surface area contributed by atoms with E-state index in [-0.39, 0.29) is 6.10 Å². The first kappa shape index (κ1) is 15.7. The van der Waals surface area contributed by atoms with E-state index in [4.69, 9.17) is 10.5 Å². The summed E-state index contributed by atoms with van der Waals surface area (Å²) in [5.74, 6) is 1.58. The molecule has 0 aromatic heterocycles. The maximum absolute atomic E-state index is 6.09. The highest BCUT2D eigenvalue weighted by Gasteiger charge is 2.13. The summed E-state index contributed by atoms with van der Waals surface area (Å²) in [6.45, 7) is 6.87. The van der Waals surface area contributed by atoms with Gasteiger partial charge in [0.15, 0.2) is 5.96 Å². The smallest absolute Gasteiger partial charge is 0.191 e. The van der Waals surface area contributed by atoms with Crippen LogP contribution in [0, 0.1) is 6.92 Å². The van der Waals surface area contributed by atoms with Gasteiger partial charge in [0.2, 0.25) is 0 Å². The summed E-state index contributed by atoms with van der Waals surface area (Å²) in [5.41, 5.74) is 7.30. The third-order valence-corrected chi connectivity index (χ3v) is 3.88. The molecule has 0 spiro atoms. The van der Waals surface area contributed by atoms with Crippen LogP contribution >= 0.6 is 0 Å². The van der Waals surface area contributed by atoms with Crippen LogP contribution in [0.15, 0.2) is 29.3 Å². The first-order valence-electron chi connectivity index (χ1n) is 7.97. The summed E-state index contributed by atoms with van der Waals surface area (Å²) >= 11 is 0. The summed E-state index contributed by atoms with van der Waals surface area (Å²) < 4.78 is 6.00. The first-order chi connectivity index (χ1) is 10.2. The molecule has 0 saturated carbocycles. The monoisotopic (exact) mass is 289 g/mol. The molecule has 0 bridgehead atoms. The molecule has 1 saturated heterocycles. The molecule has 1 aromatic carbocycles. The zero-order chi connectivity index (χ0) is 15.1. The van der Waals surface area contributed by atoms with Crippen LogP contribution in [0.1, 0.15) is 38.2 Å². The number of aliphatic imine (C=N–C) groups is 1. The lowest BCUT2D eigenvalue weighted by atomic mass is 10.1. The minimum Gasteiger partial charge on any atom is -0.489 e. The number of ether oxygens (including phenoxy) is 1. The number of hydrogen-bond acceptors (Lipinski definition) is 2. The van der Waals surface area contributed by atoms with Crippen LogP contribution in [0.5, 0.6) is 5.75 Å². The van der Waals surface area contributed by atoms with E-state index in [9.17, 15) is 0 Å². The minimum atomic E-state index is 0.0788. The lowest BCUT2D eigenvalue weighted by molar-refractivity contribution is 0.205. The Hall–Kier alpha value is -1.71. The molecule has 1 atom stereocenters. The fourth-order valence-corrected chi connectivity index (χ4v) is 2.55. The predicted octanol–water partition coefficient (Wildman–Crippen LogP) is 2.95. The van der Waals surface area contributed by atoms with Crippen LogP contribution in [0.2, 0.25) is 0 Å². The molecule has 0 radical (unpaired) electrons. The second-order valence-corrected chi connectivity index (χ2v) is 5.71. The van der Waals surface area contributed by atoms with Gasteiger partial charge in [0.25, 0.3) is 0 Å². The molecule has 2 N–H and O–H groups in total. The maximum Gasteiger partial charge on any atom is 0.191 e. The Bertz CT molecular complexity index is 467. The average Bonchev–Trinajstić information content (AvgIpc) is 2.52. The van der Waals surface area contributed by atoms with Gasteiger partial charge in [-0.3, -0.25) is 0 Å². The first-order valence-corrected chi connectivity index (χ1v) is 7.97. The van der Waals surface area contributed by atoms with Crippen molar-refractivity contribution in [3.63, 3.8) is 0 Å². The van der Waals surface area contributed by atoms with Gasteiger partial charge in [0.05, 0.1) is 6.54 Å². The van der Waals surface area contributed by atoms with E-state index in [1.165, 1.54) is 24.8 Å². The van der Waals surface area contributed by atoms with Gasteiger partial charge in [0, 0.05) is 13.1 Å². The number of likely N-dealkylation sites (tertiary alicyclic amines) is 1. The number of rotatable bonds is 5. The van der Waals surface area contributed by atoms with Crippen molar-refractivity contribution in [3.8, 4) is 5.75 Å². The topological polar surface area (TPSA) is 50.8 Å². The zero-order valence-corrected chi connectivity index (χ0v) is 13.2. The molecule has 1 fully saturated rings. The Balaban J connectivity index is 1.89. The normalized spacial score (nSPS) is 17.6. The number of nitrogens with two attached hydrogens (primary N) is 1. The molecule has 1 heterocycles. The van der Waals surface area contributed by atoms with Crippen LogP contribution in [0.3, 0.4) is 0 Å². The summed E-state index contributed by atoms with van der Waals surface area (Å²) in [6, 6.07) is 8.14. The molecule has 4 heteroatoms. The van der Waals surface area contributed by atoms with Gasteiger partial charge in [-0.2, -0.15) is 0 Å². The van der Waals surface area contributed by atoms with Crippen molar-refractivity contribution >= 4 is 5.96 Å². The van der Waals surface area contributed by atoms with E-state index in [0.717, 1.165) is 25.3 Å². The number of piperidine rings is 1. The van der Waals surface area contributed by atoms with E-state index in [2.05, 4.69) is 35.9 Å². The largest absolute Gasteiger partial charge is 0.489 e. The minimum absolute atomic E-state index is 0.0788. The Morgan fingerprint density at radius 1 is 1.33 bits per heavy atom. The van der Waals surface area contributed by atoms with Crippen molar-refractivity contribution < 1.29 is 4.74 Å². The van der Waals surface area contributed by atoms with Crippen LogP contribution in [-0.4, -0.2) is 36.6 Å². The summed E-state index contributed by atoms with van der Waals surface area (Å²) in [7, 11) is 0. The quantitative estimate of drug-likeness (QED) is 0.670. The molecule has 1 aliphatic heterocycles. The van der Waals surface area contributed by atoms with E-state index >= 15 is 0 Å². The Kier molecular flexibility index (Phi) is 5.90. The molecule has 1 aliphatic rings. The fourth-order valence-electron chi connectivity index (χ4n) is 2.55. The van der Waals surface area contributed by atoms with Crippen LogP contribution in [-0.2, 0) is 0 Å². The Morgan fingerprint density at radius 2 is 2.10 bits per heavy atom. The third-order valence-electron chi connectivity index (χ3n) is 3.88. The lowest BCUT2D eigenvalue weighted by Crippen LogP contribution is -2.41. The number of nitrogens with zero attached hydrogens (tertiary/aromatic N) is 2. The Morgan fingerprint density at radius 3 is 2.76 bits per heavy atom. The maximum atomic E-state index is 6.09. The molecule has 4 nitrogen and oxygen atoms in total. The molecular formula is C17H27N3O. The second-order valence-electron chi connectivity index (χ2n) is 5.71. The second kappa shape index (κ2) is 7.91. The molecule has 1 unspecified atom stereocenters. The summed E-state index contributed by atoms with van der Waals surface area (Å²) in [5, 5.41) is 0. The molecule has 2 rings (SSSR count). The Labute approximate surface area is 128 Å². The molecule has 0 amide bonds. The van der Waals surface area contributed by atoms with Crippen molar-refractivity contribution in [3.05, 3.63) is 29.8 Å². The van der Waals surface area contributed by atoms with Crippen LogP contribution < -0.4 is 10.5 Å². The van der Waals surface area contributed by atoms with Gasteiger partial charge in [-0.15, -0.1) is 0 Å². The predicted molar refractivity (Wildman–Crippen MR) is 87.8 cm³/mol. The van der Waals surface area contributed by atoms with Gasteiger partial charge < -0.3 is 15.4 Å². The molecule has 116 valence electrons. The highest BCUT2D eigenvalue weighted by molar-refractivity contribution is 5.78. The number of benzene rings is 1. The van der Waals surface area contributed by atoms with E-state index in [1.54, 1.807) is 0 Å². The highest BCUT2D eigenvalue weighted by Crippen LogP contribution is 2.15. The number of guanidine groups is 1. The zero-order valence-electron chi connectivity index (χ0n) is 13.2. The van der Waals surface area contributed by atoms with Crippen molar-refractivity contribution in [1.82, 2.24) is 4.90 Å². The lowest BCUT2D eigenvalue weighted by Gasteiger charge is -2.27.